The molecule has 1 unspecified atom stereocenters. The summed E-state index contributed by atoms with van der Waals surface area (Å²) in [5.74, 6) is 1.66. The van der Waals surface area contributed by atoms with E-state index in [0.29, 0.717) is 13.1 Å². The fraction of sp³-hybridized carbons (Fsp3) is 0.286. The van der Waals surface area contributed by atoms with E-state index >= 15 is 0 Å². The molecule has 0 saturated carbocycles. The molecule has 42 heavy (non-hydrogen) atoms. The quantitative estimate of drug-likeness (QED) is 0.290. The largest absolute Gasteiger partial charge is 0.358 e. The molecule has 0 bridgehead atoms. The summed E-state index contributed by atoms with van der Waals surface area (Å²) in [6.45, 7) is 10.5. The lowest BCUT2D eigenvalue weighted by atomic mass is 9.92. The van der Waals surface area contributed by atoms with Gasteiger partial charge in [0.2, 0.25) is 5.91 Å². The molecule has 214 valence electrons. The van der Waals surface area contributed by atoms with Crippen molar-refractivity contribution in [3.05, 3.63) is 113 Å². The van der Waals surface area contributed by atoms with Gasteiger partial charge < -0.3 is 10.2 Å². The van der Waals surface area contributed by atoms with Gasteiger partial charge in [-0.1, -0.05) is 78.9 Å². The van der Waals surface area contributed by atoms with E-state index < -0.39 is 6.04 Å². The summed E-state index contributed by atoms with van der Waals surface area (Å²) in [6.07, 6.45) is 5.57. The standard InChI is InChI=1S/C35H38N6O/c1-25(37-34-32(29-13-5-4-6-14-29)38-26(2)41(34)20-19-36-3)35(42)40-23-21-39(22-24-40)33-30-15-9-7-11-27(30)17-18-28-12-8-10-16-31(28)33/h4-16,19-20,25,33,37H,3,17-18,21-24H2,1-2H3/b20-19-. The zero-order chi connectivity index (χ0) is 29.1. The highest BCUT2D eigenvalue weighted by Crippen LogP contribution is 2.37. The van der Waals surface area contributed by atoms with E-state index in [2.05, 4.69) is 70.5 Å². The molecule has 1 fully saturated rings. The predicted octanol–water partition coefficient (Wildman–Crippen LogP) is 5.82. The van der Waals surface area contributed by atoms with E-state index in [1.165, 1.54) is 22.3 Å². The number of hydrogen-bond acceptors (Lipinski definition) is 5. The summed E-state index contributed by atoms with van der Waals surface area (Å²) in [6, 6.07) is 27.6. The average molecular weight is 559 g/mol. The zero-order valence-electron chi connectivity index (χ0n) is 24.4. The molecule has 4 aromatic rings. The number of benzene rings is 3. The van der Waals surface area contributed by atoms with Gasteiger partial charge in [-0.25, -0.2) is 4.98 Å². The van der Waals surface area contributed by atoms with E-state index in [4.69, 9.17) is 4.98 Å². The second-order valence-electron chi connectivity index (χ2n) is 11.1. The maximum Gasteiger partial charge on any atom is 0.244 e. The fourth-order valence-corrected chi connectivity index (χ4v) is 6.40. The van der Waals surface area contributed by atoms with Crippen LogP contribution in [0.3, 0.4) is 0 Å². The molecule has 7 nitrogen and oxygen atoms in total. The van der Waals surface area contributed by atoms with Crippen LogP contribution >= 0.6 is 0 Å². The number of rotatable bonds is 7. The number of carbonyl (C=O) groups excluding carboxylic acids is 1. The van der Waals surface area contributed by atoms with Crippen molar-refractivity contribution in [3.63, 3.8) is 0 Å². The molecule has 2 aliphatic rings. The zero-order valence-corrected chi connectivity index (χ0v) is 24.4. The van der Waals surface area contributed by atoms with E-state index in [-0.39, 0.29) is 11.9 Å². The first-order chi connectivity index (χ1) is 20.5. The lowest BCUT2D eigenvalue weighted by molar-refractivity contribution is -0.133. The van der Waals surface area contributed by atoms with Crippen LogP contribution in [0.5, 0.6) is 0 Å². The monoisotopic (exact) mass is 558 g/mol. The smallest absolute Gasteiger partial charge is 0.244 e. The van der Waals surface area contributed by atoms with Crippen LogP contribution in [0.1, 0.15) is 41.0 Å². The van der Waals surface area contributed by atoms with Crippen LogP contribution in [0.2, 0.25) is 0 Å². The van der Waals surface area contributed by atoms with Crippen molar-refractivity contribution < 1.29 is 4.79 Å². The molecule has 3 aromatic carbocycles. The number of amides is 1. The van der Waals surface area contributed by atoms with Crippen LogP contribution < -0.4 is 5.32 Å². The second-order valence-corrected chi connectivity index (χ2v) is 11.1. The molecule has 1 atom stereocenters. The third-order valence-electron chi connectivity index (χ3n) is 8.53. The van der Waals surface area contributed by atoms with Gasteiger partial charge >= 0.3 is 0 Å². The number of nitrogens with one attached hydrogen (secondary N) is 1. The number of aliphatic imine (C=N–C) groups is 1. The van der Waals surface area contributed by atoms with Gasteiger partial charge in [0.15, 0.2) is 0 Å². The molecule has 1 aliphatic heterocycles. The van der Waals surface area contributed by atoms with Crippen LogP contribution in [0.4, 0.5) is 5.82 Å². The Labute approximate surface area is 248 Å². The Bertz CT molecular complexity index is 1550. The molecule has 1 N–H and O–H groups in total. The molecule has 0 radical (unpaired) electrons. The van der Waals surface area contributed by atoms with Gasteiger partial charge in [-0.3, -0.25) is 19.3 Å². The topological polar surface area (TPSA) is 65.8 Å². The second kappa shape index (κ2) is 12.2. The molecule has 1 amide bonds. The first kappa shape index (κ1) is 27.7. The fourth-order valence-electron chi connectivity index (χ4n) is 6.40. The minimum Gasteiger partial charge on any atom is -0.358 e. The van der Waals surface area contributed by atoms with Gasteiger partial charge in [-0.05, 0) is 55.7 Å². The molecule has 1 aliphatic carbocycles. The summed E-state index contributed by atoms with van der Waals surface area (Å²) in [5.41, 5.74) is 7.44. The van der Waals surface area contributed by atoms with Crippen molar-refractivity contribution in [2.45, 2.75) is 38.8 Å². The third kappa shape index (κ3) is 5.40. The Morgan fingerprint density at radius 2 is 1.52 bits per heavy atom. The highest BCUT2D eigenvalue weighted by Gasteiger charge is 2.33. The molecule has 1 saturated heterocycles. The Morgan fingerprint density at radius 3 is 2.14 bits per heavy atom. The Kier molecular flexibility index (Phi) is 8.02. The van der Waals surface area contributed by atoms with Crippen LogP contribution in [0, 0.1) is 6.92 Å². The number of aryl methyl sites for hydroxylation is 3. The van der Waals surface area contributed by atoms with Crippen molar-refractivity contribution in [1.82, 2.24) is 19.4 Å². The van der Waals surface area contributed by atoms with Crippen molar-refractivity contribution in [1.29, 1.82) is 0 Å². The van der Waals surface area contributed by atoms with Crippen molar-refractivity contribution in [2.24, 2.45) is 4.99 Å². The minimum atomic E-state index is -0.432. The van der Waals surface area contributed by atoms with E-state index in [1.54, 1.807) is 6.20 Å². The number of carbonyl (C=O) groups is 1. The van der Waals surface area contributed by atoms with Gasteiger partial charge in [-0.15, -0.1) is 0 Å². The summed E-state index contributed by atoms with van der Waals surface area (Å²) in [7, 11) is 0. The molecular weight excluding hydrogens is 520 g/mol. The number of imidazole rings is 1. The molecule has 1 aromatic heterocycles. The van der Waals surface area contributed by atoms with Gasteiger partial charge in [0.05, 0.1) is 6.04 Å². The van der Waals surface area contributed by atoms with Crippen LogP contribution in [0.25, 0.3) is 17.5 Å². The molecular formula is C35H38N6O. The first-order valence-corrected chi connectivity index (χ1v) is 14.8. The van der Waals surface area contributed by atoms with Gasteiger partial charge in [0, 0.05) is 44.1 Å². The Hall–Kier alpha value is -4.49. The maximum atomic E-state index is 13.8. The van der Waals surface area contributed by atoms with Crippen LogP contribution in [0.15, 0.2) is 90.1 Å². The molecule has 7 heteroatoms. The molecule has 2 heterocycles. The van der Waals surface area contributed by atoms with E-state index in [9.17, 15) is 4.79 Å². The van der Waals surface area contributed by atoms with Crippen LogP contribution in [-0.4, -0.2) is 64.2 Å². The predicted molar refractivity (Wildman–Crippen MR) is 171 cm³/mol. The normalized spacial score (nSPS) is 16.5. The van der Waals surface area contributed by atoms with Crippen LogP contribution in [-0.2, 0) is 17.6 Å². The molecule has 6 rings (SSSR count). The highest BCUT2D eigenvalue weighted by molar-refractivity contribution is 5.86. The number of fused-ring (bicyclic) bond motifs is 2. The highest BCUT2D eigenvalue weighted by atomic mass is 16.2. The van der Waals surface area contributed by atoms with Crippen molar-refractivity contribution in [2.75, 3.05) is 31.5 Å². The molecule has 0 spiro atoms. The van der Waals surface area contributed by atoms with E-state index in [1.807, 2.05) is 59.8 Å². The summed E-state index contributed by atoms with van der Waals surface area (Å²) in [5, 5.41) is 3.50. The SMILES string of the molecule is C=N/C=C\n1c(C)nc(-c2ccccc2)c1NC(C)C(=O)N1CCN(C2c3ccccc3CCc3ccccc32)CC1. The number of piperazine rings is 1. The summed E-state index contributed by atoms with van der Waals surface area (Å²) >= 11 is 0. The summed E-state index contributed by atoms with van der Waals surface area (Å²) < 4.78 is 1.93. The van der Waals surface area contributed by atoms with Crippen molar-refractivity contribution in [3.8, 4) is 11.3 Å². The lowest BCUT2D eigenvalue weighted by Crippen LogP contribution is -2.53. The Balaban J connectivity index is 1.20. The minimum absolute atomic E-state index is 0.0894. The number of aromatic nitrogens is 2. The van der Waals surface area contributed by atoms with Gasteiger partial charge in [0.25, 0.3) is 0 Å². The maximum absolute atomic E-state index is 13.8. The first-order valence-electron chi connectivity index (χ1n) is 14.8. The number of nitrogens with zero attached hydrogens (tertiary/aromatic N) is 5. The van der Waals surface area contributed by atoms with Gasteiger partial charge in [-0.2, -0.15) is 0 Å². The Morgan fingerprint density at radius 1 is 0.929 bits per heavy atom. The van der Waals surface area contributed by atoms with Gasteiger partial charge in [0.1, 0.15) is 23.4 Å². The van der Waals surface area contributed by atoms with E-state index in [0.717, 1.165) is 48.8 Å². The average Bonchev–Trinajstić information content (AvgIpc) is 3.23. The lowest BCUT2D eigenvalue weighted by Gasteiger charge is -2.41. The third-order valence-corrected chi connectivity index (χ3v) is 8.53. The number of anilines is 1. The number of hydrogen-bond donors (Lipinski definition) is 1. The summed E-state index contributed by atoms with van der Waals surface area (Å²) in [4.78, 5) is 27.0. The van der Waals surface area contributed by atoms with Crippen molar-refractivity contribution >= 4 is 24.6 Å².